The second-order valence-corrected chi connectivity index (χ2v) is 7.84. The first-order valence-electron chi connectivity index (χ1n) is 10.2. The third kappa shape index (κ3) is 3.85. The minimum atomic E-state index is 0.0428. The Labute approximate surface area is 171 Å². The number of benzene rings is 1. The van der Waals surface area contributed by atoms with E-state index in [1.807, 2.05) is 41.4 Å². The molecule has 0 unspecified atom stereocenters. The van der Waals surface area contributed by atoms with Crippen molar-refractivity contribution in [2.24, 2.45) is 0 Å². The summed E-state index contributed by atoms with van der Waals surface area (Å²) in [6.07, 6.45) is 1.83. The Kier molecular flexibility index (Phi) is 5.53. The van der Waals surface area contributed by atoms with Crippen molar-refractivity contribution in [2.45, 2.75) is 26.3 Å². The van der Waals surface area contributed by atoms with Crippen molar-refractivity contribution >= 4 is 16.9 Å². The number of nitrogens with one attached hydrogen (secondary N) is 1. The molecule has 152 valence electrons. The number of rotatable bonds is 5. The quantitative estimate of drug-likeness (QED) is 0.720. The summed E-state index contributed by atoms with van der Waals surface area (Å²) in [7, 11) is 1.60. The Bertz CT molecular complexity index is 1000. The van der Waals surface area contributed by atoms with Crippen LogP contribution < -0.4 is 4.74 Å². The monoisotopic (exact) mass is 392 g/mol. The Hall–Kier alpha value is -2.86. The van der Waals surface area contributed by atoms with Gasteiger partial charge >= 0.3 is 0 Å². The fourth-order valence-electron chi connectivity index (χ4n) is 4.08. The molecule has 0 atom stereocenters. The average Bonchev–Trinajstić information content (AvgIpc) is 3.12. The number of methoxy groups -OCH3 is 1. The van der Waals surface area contributed by atoms with Crippen molar-refractivity contribution in [1.82, 2.24) is 19.8 Å². The molecule has 29 heavy (non-hydrogen) atoms. The zero-order chi connectivity index (χ0) is 20.4. The van der Waals surface area contributed by atoms with E-state index in [4.69, 9.17) is 4.74 Å². The normalized spacial score (nSPS) is 15.2. The summed E-state index contributed by atoms with van der Waals surface area (Å²) >= 11 is 0. The van der Waals surface area contributed by atoms with E-state index in [2.05, 4.69) is 34.8 Å². The molecule has 0 aliphatic carbocycles. The van der Waals surface area contributed by atoms with E-state index in [1.54, 1.807) is 7.11 Å². The van der Waals surface area contributed by atoms with E-state index >= 15 is 0 Å². The Morgan fingerprint density at radius 2 is 1.90 bits per heavy atom. The number of carbonyl (C=O) groups is 1. The molecule has 3 heterocycles. The summed E-state index contributed by atoms with van der Waals surface area (Å²) in [6.45, 7) is 8.42. The third-order valence-electron chi connectivity index (χ3n) is 5.67. The number of hydrogen-bond donors (Lipinski definition) is 1. The molecule has 1 aliphatic heterocycles. The van der Waals surface area contributed by atoms with E-state index in [1.165, 1.54) is 16.6 Å². The van der Waals surface area contributed by atoms with Gasteiger partial charge in [-0.05, 0) is 35.7 Å². The first-order valence-corrected chi connectivity index (χ1v) is 10.2. The van der Waals surface area contributed by atoms with Crippen LogP contribution in [-0.2, 0) is 6.54 Å². The maximum Gasteiger partial charge on any atom is 0.257 e. The van der Waals surface area contributed by atoms with E-state index < -0.39 is 0 Å². The lowest BCUT2D eigenvalue weighted by molar-refractivity contribution is 0.0625. The SMILES string of the molecule is COc1ccccc1C(=O)N1CCN(Cc2c(C(C)C)[nH]c3ncccc23)CC1. The van der Waals surface area contributed by atoms with Crippen LogP contribution in [-0.4, -0.2) is 59.0 Å². The second kappa shape index (κ2) is 8.25. The highest BCUT2D eigenvalue weighted by Crippen LogP contribution is 2.28. The van der Waals surface area contributed by atoms with Crippen molar-refractivity contribution < 1.29 is 9.53 Å². The number of ether oxygens (including phenoxy) is 1. The first kappa shape index (κ1) is 19.5. The molecule has 1 aromatic carbocycles. The molecular formula is C23H28N4O2. The van der Waals surface area contributed by atoms with Crippen molar-refractivity contribution in [3.8, 4) is 5.75 Å². The van der Waals surface area contributed by atoms with Crippen LogP contribution >= 0.6 is 0 Å². The predicted molar refractivity (Wildman–Crippen MR) is 114 cm³/mol. The third-order valence-corrected chi connectivity index (χ3v) is 5.67. The fourth-order valence-corrected chi connectivity index (χ4v) is 4.08. The van der Waals surface area contributed by atoms with Crippen LogP contribution in [0, 0.1) is 0 Å². The molecule has 0 radical (unpaired) electrons. The molecule has 6 heteroatoms. The number of pyridine rings is 1. The number of aromatic nitrogens is 2. The van der Waals surface area contributed by atoms with Gasteiger partial charge < -0.3 is 14.6 Å². The molecule has 1 fully saturated rings. The van der Waals surface area contributed by atoms with Gasteiger partial charge in [-0.15, -0.1) is 0 Å². The number of H-pyrrole nitrogens is 1. The second-order valence-electron chi connectivity index (χ2n) is 7.84. The lowest BCUT2D eigenvalue weighted by Crippen LogP contribution is -2.48. The molecule has 0 bridgehead atoms. The summed E-state index contributed by atoms with van der Waals surface area (Å²) in [5, 5.41) is 1.20. The number of fused-ring (bicyclic) bond motifs is 1. The zero-order valence-corrected chi connectivity index (χ0v) is 17.3. The van der Waals surface area contributed by atoms with E-state index in [-0.39, 0.29) is 5.91 Å². The molecule has 1 N–H and O–H groups in total. The smallest absolute Gasteiger partial charge is 0.257 e. The minimum Gasteiger partial charge on any atom is -0.496 e. The van der Waals surface area contributed by atoms with Gasteiger partial charge in [-0.3, -0.25) is 9.69 Å². The summed E-state index contributed by atoms with van der Waals surface area (Å²) < 4.78 is 5.36. The standard InChI is InChI=1S/C23H28N4O2/c1-16(2)21-19(17-8-6-10-24-22(17)25-21)15-26-11-13-27(14-12-26)23(28)18-7-4-5-9-20(18)29-3/h4-10,16H,11-15H2,1-3H3,(H,24,25). The Morgan fingerprint density at radius 3 is 2.62 bits per heavy atom. The van der Waals surface area contributed by atoms with Gasteiger partial charge in [0.2, 0.25) is 0 Å². The highest BCUT2D eigenvalue weighted by molar-refractivity contribution is 5.97. The average molecular weight is 393 g/mol. The number of para-hydroxylation sites is 1. The summed E-state index contributed by atoms with van der Waals surface area (Å²) in [5.74, 6) is 1.08. The van der Waals surface area contributed by atoms with Crippen LogP contribution in [0.15, 0.2) is 42.6 Å². The van der Waals surface area contributed by atoms with Crippen LogP contribution in [0.25, 0.3) is 11.0 Å². The lowest BCUT2D eigenvalue weighted by Gasteiger charge is -2.35. The summed E-state index contributed by atoms with van der Waals surface area (Å²) in [4.78, 5) is 25.3. The van der Waals surface area contributed by atoms with Gasteiger partial charge in [0, 0.05) is 50.0 Å². The van der Waals surface area contributed by atoms with Crippen LogP contribution in [0.3, 0.4) is 0 Å². The number of carbonyl (C=O) groups excluding carboxylic acids is 1. The number of aromatic amines is 1. The lowest BCUT2D eigenvalue weighted by atomic mass is 10.0. The van der Waals surface area contributed by atoms with Gasteiger partial charge in [-0.2, -0.15) is 0 Å². The number of nitrogens with zero attached hydrogens (tertiary/aromatic N) is 3. The van der Waals surface area contributed by atoms with E-state index in [0.717, 1.165) is 25.3 Å². The predicted octanol–water partition coefficient (Wildman–Crippen LogP) is 3.65. The summed E-state index contributed by atoms with van der Waals surface area (Å²) in [5.41, 5.74) is 4.17. The minimum absolute atomic E-state index is 0.0428. The number of amides is 1. The van der Waals surface area contributed by atoms with Gasteiger partial charge in [0.15, 0.2) is 0 Å². The van der Waals surface area contributed by atoms with Gasteiger partial charge in [-0.1, -0.05) is 26.0 Å². The van der Waals surface area contributed by atoms with E-state index in [0.29, 0.717) is 30.3 Å². The molecule has 6 nitrogen and oxygen atoms in total. The fraction of sp³-hybridized carbons (Fsp3) is 0.391. The Morgan fingerprint density at radius 1 is 1.14 bits per heavy atom. The van der Waals surface area contributed by atoms with Gasteiger partial charge in [0.25, 0.3) is 5.91 Å². The van der Waals surface area contributed by atoms with Crippen LogP contribution in [0.1, 0.15) is 41.4 Å². The van der Waals surface area contributed by atoms with Crippen LogP contribution in [0.5, 0.6) is 5.75 Å². The molecule has 3 aromatic rings. The van der Waals surface area contributed by atoms with Gasteiger partial charge in [0.05, 0.1) is 12.7 Å². The first-order chi connectivity index (χ1) is 14.1. The van der Waals surface area contributed by atoms with Crippen molar-refractivity contribution in [3.63, 3.8) is 0 Å². The van der Waals surface area contributed by atoms with Crippen molar-refractivity contribution in [2.75, 3.05) is 33.3 Å². The number of hydrogen-bond acceptors (Lipinski definition) is 4. The molecule has 1 amide bonds. The molecular weight excluding hydrogens is 364 g/mol. The number of piperazine rings is 1. The molecule has 2 aromatic heterocycles. The molecule has 0 saturated carbocycles. The maximum atomic E-state index is 12.9. The topological polar surface area (TPSA) is 61.5 Å². The molecule has 1 saturated heterocycles. The van der Waals surface area contributed by atoms with Gasteiger partial charge in [0.1, 0.15) is 11.4 Å². The van der Waals surface area contributed by atoms with Crippen molar-refractivity contribution in [1.29, 1.82) is 0 Å². The zero-order valence-electron chi connectivity index (χ0n) is 17.3. The molecule has 0 spiro atoms. The van der Waals surface area contributed by atoms with Crippen LogP contribution in [0.4, 0.5) is 0 Å². The molecule has 4 rings (SSSR count). The maximum absolute atomic E-state index is 12.9. The van der Waals surface area contributed by atoms with Crippen LogP contribution in [0.2, 0.25) is 0 Å². The molecule has 1 aliphatic rings. The Balaban J connectivity index is 1.46. The largest absolute Gasteiger partial charge is 0.496 e. The van der Waals surface area contributed by atoms with E-state index in [9.17, 15) is 4.79 Å². The van der Waals surface area contributed by atoms with Crippen molar-refractivity contribution in [3.05, 3.63) is 59.4 Å². The van der Waals surface area contributed by atoms with Gasteiger partial charge in [-0.25, -0.2) is 4.98 Å². The highest BCUT2D eigenvalue weighted by atomic mass is 16.5. The highest BCUT2D eigenvalue weighted by Gasteiger charge is 2.25. The summed E-state index contributed by atoms with van der Waals surface area (Å²) in [6, 6.07) is 11.6.